The van der Waals surface area contributed by atoms with Gasteiger partial charge in [-0.2, -0.15) is 0 Å². The average Bonchev–Trinajstić information content (AvgIpc) is 2.23. The van der Waals surface area contributed by atoms with Crippen LogP contribution in [0.25, 0.3) is 0 Å². The molecular formula is C11H22O2. The summed E-state index contributed by atoms with van der Waals surface area (Å²) in [5.74, 6) is 0.635. The first kappa shape index (κ1) is 11.0. The molecule has 1 saturated heterocycles. The zero-order chi connectivity index (χ0) is 10.1. The lowest BCUT2D eigenvalue weighted by Gasteiger charge is -2.24. The highest BCUT2D eigenvalue weighted by molar-refractivity contribution is 4.85. The summed E-state index contributed by atoms with van der Waals surface area (Å²) in [6.07, 6.45) is 2.49. The fourth-order valence-corrected chi connectivity index (χ4v) is 2.04. The molecule has 0 radical (unpaired) electrons. The Morgan fingerprint density at radius 3 is 2.46 bits per heavy atom. The van der Waals surface area contributed by atoms with E-state index in [0.29, 0.717) is 5.92 Å². The van der Waals surface area contributed by atoms with Gasteiger partial charge in [0.05, 0.1) is 11.7 Å². The largest absolute Gasteiger partial charge is 0.350 e. The summed E-state index contributed by atoms with van der Waals surface area (Å²) in [5, 5.41) is 0. The first-order valence-corrected chi connectivity index (χ1v) is 5.29. The van der Waals surface area contributed by atoms with Gasteiger partial charge in [-0.1, -0.05) is 13.3 Å². The molecule has 1 rings (SSSR count). The van der Waals surface area contributed by atoms with Gasteiger partial charge in [-0.05, 0) is 33.6 Å². The van der Waals surface area contributed by atoms with Crippen LogP contribution >= 0.6 is 0 Å². The highest BCUT2D eigenvalue weighted by Crippen LogP contribution is 2.38. The molecule has 0 spiro atoms. The van der Waals surface area contributed by atoms with Gasteiger partial charge in [-0.15, -0.1) is 0 Å². The minimum atomic E-state index is -0.00565. The Labute approximate surface area is 81.6 Å². The highest BCUT2D eigenvalue weighted by Gasteiger charge is 2.41. The van der Waals surface area contributed by atoms with Crippen LogP contribution in [0.2, 0.25) is 0 Å². The van der Waals surface area contributed by atoms with Gasteiger partial charge < -0.3 is 9.47 Å². The second kappa shape index (κ2) is 3.97. The lowest BCUT2D eigenvalue weighted by atomic mass is 9.89. The van der Waals surface area contributed by atoms with Crippen molar-refractivity contribution in [3.05, 3.63) is 0 Å². The smallest absolute Gasteiger partial charge is 0.159 e. The van der Waals surface area contributed by atoms with E-state index in [2.05, 4.69) is 34.6 Å². The molecule has 2 heteroatoms. The quantitative estimate of drug-likeness (QED) is 0.674. The number of hydrogen-bond acceptors (Lipinski definition) is 2. The third-order valence-corrected chi connectivity index (χ3v) is 2.81. The zero-order valence-electron chi connectivity index (χ0n) is 9.46. The van der Waals surface area contributed by atoms with Gasteiger partial charge in [0.2, 0.25) is 0 Å². The molecule has 1 fully saturated rings. The van der Waals surface area contributed by atoms with Crippen molar-refractivity contribution in [2.24, 2.45) is 5.92 Å². The summed E-state index contributed by atoms with van der Waals surface area (Å²) in [6, 6.07) is 0. The SMILES string of the molecule is CCC1CC(OC(C)C)OC1(C)C. The zero-order valence-corrected chi connectivity index (χ0v) is 9.46. The molecule has 0 amide bonds. The summed E-state index contributed by atoms with van der Waals surface area (Å²) < 4.78 is 11.5. The van der Waals surface area contributed by atoms with Gasteiger partial charge in [0, 0.05) is 6.42 Å². The summed E-state index contributed by atoms with van der Waals surface area (Å²) in [5.41, 5.74) is -0.00565. The Morgan fingerprint density at radius 1 is 1.46 bits per heavy atom. The molecule has 0 aliphatic carbocycles. The Morgan fingerprint density at radius 2 is 2.08 bits per heavy atom. The second-order valence-corrected chi connectivity index (χ2v) is 4.68. The molecular weight excluding hydrogens is 164 g/mol. The van der Waals surface area contributed by atoms with Crippen LogP contribution in [0.4, 0.5) is 0 Å². The van der Waals surface area contributed by atoms with Crippen molar-refractivity contribution in [3.63, 3.8) is 0 Å². The predicted octanol–water partition coefficient (Wildman–Crippen LogP) is 2.96. The van der Waals surface area contributed by atoms with E-state index in [1.807, 2.05) is 0 Å². The van der Waals surface area contributed by atoms with E-state index in [0.717, 1.165) is 6.42 Å². The van der Waals surface area contributed by atoms with Gasteiger partial charge in [0.25, 0.3) is 0 Å². The first-order valence-electron chi connectivity index (χ1n) is 5.29. The van der Waals surface area contributed by atoms with E-state index in [-0.39, 0.29) is 18.0 Å². The van der Waals surface area contributed by atoms with Crippen molar-refractivity contribution >= 4 is 0 Å². The molecule has 0 aromatic carbocycles. The van der Waals surface area contributed by atoms with Crippen molar-refractivity contribution in [2.45, 2.75) is 65.5 Å². The van der Waals surface area contributed by atoms with E-state index >= 15 is 0 Å². The van der Waals surface area contributed by atoms with E-state index in [4.69, 9.17) is 9.47 Å². The minimum Gasteiger partial charge on any atom is -0.350 e. The maximum atomic E-state index is 5.84. The van der Waals surface area contributed by atoms with Crippen LogP contribution in [0.5, 0.6) is 0 Å². The van der Waals surface area contributed by atoms with Gasteiger partial charge in [-0.25, -0.2) is 0 Å². The summed E-state index contributed by atoms with van der Waals surface area (Å²) in [7, 11) is 0. The van der Waals surface area contributed by atoms with Crippen LogP contribution < -0.4 is 0 Å². The highest BCUT2D eigenvalue weighted by atomic mass is 16.7. The minimum absolute atomic E-state index is 0.00565. The standard InChI is InChI=1S/C11H22O2/c1-6-9-7-10(12-8(2)3)13-11(9,4)5/h8-10H,6-7H2,1-5H3. The normalized spacial score (nSPS) is 32.8. The maximum Gasteiger partial charge on any atom is 0.159 e. The van der Waals surface area contributed by atoms with Gasteiger partial charge >= 0.3 is 0 Å². The molecule has 2 nitrogen and oxygen atoms in total. The van der Waals surface area contributed by atoms with Crippen LogP contribution in [-0.4, -0.2) is 18.0 Å². The Bertz CT molecular complexity index is 163. The third-order valence-electron chi connectivity index (χ3n) is 2.81. The fraction of sp³-hybridized carbons (Fsp3) is 1.00. The van der Waals surface area contributed by atoms with Crippen LogP contribution in [0.3, 0.4) is 0 Å². The lowest BCUT2D eigenvalue weighted by Crippen LogP contribution is -2.28. The average molecular weight is 186 g/mol. The van der Waals surface area contributed by atoms with Crippen LogP contribution in [0.1, 0.15) is 47.5 Å². The molecule has 0 N–H and O–H groups in total. The second-order valence-electron chi connectivity index (χ2n) is 4.68. The van der Waals surface area contributed by atoms with Crippen molar-refractivity contribution in [1.82, 2.24) is 0 Å². The predicted molar refractivity (Wildman–Crippen MR) is 53.6 cm³/mol. The monoisotopic (exact) mass is 186 g/mol. The lowest BCUT2D eigenvalue weighted by molar-refractivity contribution is -0.177. The summed E-state index contributed by atoms with van der Waals surface area (Å²) >= 11 is 0. The van der Waals surface area contributed by atoms with E-state index in [1.54, 1.807) is 0 Å². The Kier molecular flexibility index (Phi) is 3.36. The van der Waals surface area contributed by atoms with Crippen molar-refractivity contribution in [3.8, 4) is 0 Å². The van der Waals surface area contributed by atoms with Crippen molar-refractivity contribution < 1.29 is 9.47 Å². The molecule has 13 heavy (non-hydrogen) atoms. The molecule has 2 atom stereocenters. The van der Waals surface area contributed by atoms with Crippen molar-refractivity contribution in [1.29, 1.82) is 0 Å². The topological polar surface area (TPSA) is 18.5 Å². The molecule has 0 aromatic rings. The Balaban J connectivity index is 2.49. The maximum absolute atomic E-state index is 5.84. The number of hydrogen-bond donors (Lipinski definition) is 0. The van der Waals surface area contributed by atoms with E-state index in [1.165, 1.54) is 6.42 Å². The van der Waals surface area contributed by atoms with E-state index in [9.17, 15) is 0 Å². The summed E-state index contributed by atoms with van der Waals surface area (Å²) in [4.78, 5) is 0. The molecule has 78 valence electrons. The molecule has 2 unspecified atom stereocenters. The van der Waals surface area contributed by atoms with E-state index < -0.39 is 0 Å². The molecule has 0 bridgehead atoms. The van der Waals surface area contributed by atoms with Gasteiger partial charge in [0.1, 0.15) is 0 Å². The van der Waals surface area contributed by atoms with Gasteiger partial charge in [0.15, 0.2) is 6.29 Å². The van der Waals surface area contributed by atoms with Crippen LogP contribution in [0, 0.1) is 5.92 Å². The summed E-state index contributed by atoms with van der Waals surface area (Å²) in [6.45, 7) is 10.6. The first-order chi connectivity index (χ1) is 5.95. The molecule has 0 saturated carbocycles. The molecule has 1 heterocycles. The third kappa shape index (κ3) is 2.68. The van der Waals surface area contributed by atoms with Crippen LogP contribution in [-0.2, 0) is 9.47 Å². The Hall–Kier alpha value is -0.0800. The number of ether oxygens (including phenoxy) is 2. The fourth-order valence-electron chi connectivity index (χ4n) is 2.04. The molecule has 1 aliphatic heterocycles. The molecule has 1 aliphatic rings. The number of rotatable bonds is 3. The van der Waals surface area contributed by atoms with Crippen molar-refractivity contribution in [2.75, 3.05) is 0 Å². The van der Waals surface area contributed by atoms with Crippen LogP contribution in [0.15, 0.2) is 0 Å². The molecule has 0 aromatic heterocycles. The van der Waals surface area contributed by atoms with Gasteiger partial charge in [-0.3, -0.25) is 0 Å².